The molecule has 0 aromatic carbocycles. The van der Waals surface area contributed by atoms with Gasteiger partial charge in [0.25, 0.3) is 0 Å². The molecule has 0 spiro atoms. The van der Waals surface area contributed by atoms with E-state index in [0.717, 1.165) is 39.1 Å². The first kappa shape index (κ1) is 15.1. The summed E-state index contributed by atoms with van der Waals surface area (Å²) >= 11 is 0. The van der Waals surface area contributed by atoms with Crippen molar-refractivity contribution in [1.29, 1.82) is 0 Å². The molecule has 0 unspecified atom stereocenters. The van der Waals surface area contributed by atoms with E-state index in [4.69, 9.17) is 10.9 Å². The number of amides is 1. The van der Waals surface area contributed by atoms with Crippen LogP contribution in [0.5, 0.6) is 0 Å². The van der Waals surface area contributed by atoms with Gasteiger partial charge >= 0.3 is 0 Å². The summed E-state index contributed by atoms with van der Waals surface area (Å²) in [5.74, 6) is 0.583. The Morgan fingerprint density at radius 1 is 1.35 bits per heavy atom. The third-order valence-electron chi connectivity index (χ3n) is 4.60. The van der Waals surface area contributed by atoms with Gasteiger partial charge in [0, 0.05) is 26.2 Å². The highest BCUT2D eigenvalue weighted by Crippen LogP contribution is 2.47. The number of rotatable bonds is 4. The van der Waals surface area contributed by atoms with Crippen LogP contribution in [0.2, 0.25) is 0 Å². The fourth-order valence-corrected chi connectivity index (χ4v) is 3.51. The number of nitrogens with zero attached hydrogens (tertiary/aromatic N) is 3. The predicted molar refractivity (Wildman–Crippen MR) is 77.6 cm³/mol. The van der Waals surface area contributed by atoms with E-state index in [-0.39, 0.29) is 11.7 Å². The zero-order chi connectivity index (χ0) is 14.8. The molecule has 0 aromatic heterocycles. The molecule has 20 heavy (non-hydrogen) atoms. The van der Waals surface area contributed by atoms with E-state index in [9.17, 15) is 4.79 Å². The van der Waals surface area contributed by atoms with Gasteiger partial charge in [0.05, 0.1) is 0 Å². The van der Waals surface area contributed by atoms with Gasteiger partial charge in [-0.1, -0.05) is 19.0 Å². The monoisotopic (exact) mass is 282 g/mol. The topological polar surface area (TPSA) is 82.2 Å². The summed E-state index contributed by atoms with van der Waals surface area (Å²) in [6, 6.07) is 0. The van der Waals surface area contributed by atoms with Crippen LogP contribution in [0.15, 0.2) is 5.16 Å². The molecule has 2 aliphatic rings. The highest BCUT2D eigenvalue weighted by atomic mass is 16.4. The number of carbonyl (C=O) groups excluding carboxylic acids is 1. The van der Waals surface area contributed by atoms with Crippen molar-refractivity contribution < 1.29 is 10.0 Å². The molecule has 0 atom stereocenters. The van der Waals surface area contributed by atoms with Gasteiger partial charge in [-0.25, -0.2) is 0 Å². The zero-order valence-corrected chi connectivity index (χ0v) is 12.5. The van der Waals surface area contributed by atoms with Crippen LogP contribution in [-0.2, 0) is 4.79 Å². The minimum Gasteiger partial charge on any atom is -0.409 e. The van der Waals surface area contributed by atoms with E-state index in [1.54, 1.807) is 0 Å². The van der Waals surface area contributed by atoms with Crippen LogP contribution >= 0.6 is 0 Å². The summed E-state index contributed by atoms with van der Waals surface area (Å²) in [6.45, 7) is 8.67. The summed E-state index contributed by atoms with van der Waals surface area (Å²) < 4.78 is 0. The van der Waals surface area contributed by atoms with E-state index in [2.05, 4.69) is 23.9 Å². The highest BCUT2D eigenvalue weighted by Gasteiger charge is 2.53. The van der Waals surface area contributed by atoms with E-state index in [1.165, 1.54) is 0 Å². The average Bonchev–Trinajstić information content (AvgIpc) is 2.43. The summed E-state index contributed by atoms with van der Waals surface area (Å²) in [7, 11) is 0. The standard InChI is InChI=1S/C14H26N4O2/c1-3-4-17-5-7-18(8-6-17)13(19)14(12(15)16-20)9-11(2)10-14/h11,20H,3-10H2,1-2H3,(H2,15,16). The third kappa shape index (κ3) is 2.61. The molecule has 0 aromatic rings. The van der Waals surface area contributed by atoms with Crippen LogP contribution in [0, 0.1) is 11.3 Å². The quantitative estimate of drug-likeness (QED) is 0.344. The second kappa shape index (κ2) is 5.99. The maximum atomic E-state index is 12.7. The van der Waals surface area contributed by atoms with Gasteiger partial charge in [0.1, 0.15) is 5.41 Å². The van der Waals surface area contributed by atoms with Crippen LogP contribution in [0.3, 0.4) is 0 Å². The van der Waals surface area contributed by atoms with Gasteiger partial charge in [-0.2, -0.15) is 0 Å². The second-order valence-electron chi connectivity index (χ2n) is 6.21. The molecule has 6 nitrogen and oxygen atoms in total. The third-order valence-corrected chi connectivity index (χ3v) is 4.60. The Bertz CT molecular complexity index is 383. The lowest BCUT2D eigenvalue weighted by molar-refractivity contribution is -0.146. The Labute approximate surface area is 120 Å². The summed E-state index contributed by atoms with van der Waals surface area (Å²) in [6.07, 6.45) is 2.52. The summed E-state index contributed by atoms with van der Waals surface area (Å²) in [4.78, 5) is 17.0. The first-order valence-electron chi connectivity index (χ1n) is 7.53. The number of hydrogen-bond donors (Lipinski definition) is 2. The molecule has 1 heterocycles. The smallest absolute Gasteiger partial charge is 0.236 e. The van der Waals surface area contributed by atoms with Gasteiger partial charge < -0.3 is 15.8 Å². The summed E-state index contributed by atoms with van der Waals surface area (Å²) in [5, 5.41) is 12.1. The maximum Gasteiger partial charge on any atom is 0.236 e. The first-order valence-corrected chi connectivity index (χ1v) is 7.53. The van der Waals surface area contributed by atoms with Gasteiger partial charge in [0.2, 0.25) is 5.91 Å². The number of hydrogen-bond acceptors (Lipinski definition) is 4. The van der Waals surface area contributed by atoms with Crippen LogP contribution < -0.4 is 5.73 Å². The molecular formula is C14H26N4O2. The lowest BCUT2D eigenvalue weighted by Gasteiger charge is -2.47. The molecule has 2 fully saturated rings. The fourth-order valence-electron chi connectivity index (χ4n) is 3.51. The normalized spacial score (nSPS) is 32.0. The van der Waals surface area contributed by atoms with E-state index in [0.29, 0.717) is 18.8 Å². The van der Waals surface area contributed by atoms with Crippen molar-refractivity contribution in [3.63, 3.8) is 0 Å². The number of amidine groups is 1. The molecular weight excluding hydrogens is 256 g/mol. The number of carbonyl (C=O) groups is 1. The molecule has 6 heteroatoms. The minimum absolute atomic E-state index is 0.0436. The van der Waals surface area contributed by atoms with Crippen molar-refractivity contribution in [2.75, 3.05) is 32.7 Å². The Kier molecular flexibility index (Phi) is 4.52. The molecule has 1 aliphatic carbocycles. The Morgan fingerprint density at radius 2 is 1.95 bits per heavy atom. The molecule has 1 amide bonds. The average molecular weight is 282 g/mol. The van der Waals surface area contributed by atoms with Gasteiger partial charge in [-0.05, 0) is 31.7 Å². The largest absolute Gasteiger partial charge is 0.409 e. The fraction of sp³-hybridized carbons (Fsp3) is 0.857. The van der Waals surface area contributed by atoms with E-state index in [1.807, 2.05) is 4.90 Å². The Morgan fingerprint density at radius 3 is 2.40 bits per heavy atom. The molecule has 0 radical (unpaired) electrons. The van der Waals surface area contributed by atoms with Crippen molar-refractivity contribution in [3.05, 3.63) is 0 Å². The van der Waals surface area contributed by atoms with Crippen LogP contribution in [-0.4, -0.2) is 59.5 Å². The van der Waals surface area contributed by atoms with Crippen molar-refractivity contribution in [2.24, 2.45) is 22.2 Å². The molecule has 3 N–H and O–H groups in total. The maximum absolute atomic E-state index is 12.7. The van der Waals surface area contributed by atoms with Crippen LogP contribution in [0.1, 0.15) is 33.1 Å². The Hall–Kier alpha value is -1.30. The highest BCUT2D eigenvalue weighted by molar-refractivity contribution is 6.07. The number of nitrogens with two attached hydrogens (primary N) is 1. The number of piperazine rings is 1. The van der Waals surface area contributed by atoms with Crippen molar-refractivity contribution in [2.45, 2.75) is 33.1 Å². The second-order valence-corrected chi connectivity index (χ2v) is 6.21. The number of oxime groups is 1. The van der Waals surface area contributed by atoms with Crippen LogP contribution in [0.4, 0.5) is 0 Å². The minimum atomic E-state index is -0.749. The zero-order valence-electron chi connectivity index (χ0n) is 12.5. The first-order chi connectivity index (χ1) is 9.53. The van der Waals surface area contributed by atoms with Crippen molar-refractivity contribution in [1.82, 2.24) is 9.80 Å². The molecule has 1 saturated carbocycles. The van der Waals surface area contributed by atoms with Crippen LogP contribution in [0.25, 0.3) is 0 Å². The van der Waals surface area contributed by atoms with Gasteiger partial charge in [0.15, 0.2) is 5.84 Å². The Balaban J connectivity index is 2.00. The van der Waals surface area contributed by atoms with Gasteiger partial charge in [-0.3, -0.25) is 9.69 Å². The molecule has 0 bridgehead atoms. The molecule has 1 aliphatic heterocycles. The van der Waals surface area contributed by atoms with E-state index < -0.39 is 5.41 Å². The van der Waals surface area contributed by atoms with Crippen molar-refractivity contribution >= 4 is 11.7 Å². The molecule has 1 saturated heterocycles. The summed E-state index contributed by atoms with van der Waals surface area (Å²) in [5.41, 5.74) is 5.05. The van der Waals surface area contributed by atoms with E-state index >= 15 is 0 Å². The van der Waals surface area contributed by atoms with Gasteiger partial charge in [-0.15, -0.1) is 0 Å². The molecule has 114 valence electrons. The SMILES string of the molecule is CCCN1CCN(C(=O)C2(C(N)=NO)CC(C)C2)CC1. The molecule has 2 rings (SSSR count). The van der Waals surface area contributed by atoms with Crippen molar-refractivity contribution in [3.8, 4) is 0 Å². The lowest BCUT2D eigenvalue weighted by atomic mass is 9.61. The predicted octanol–water partition coefficient (Wildman–Crippen LogP) is 0.703. The lowest BCUT2D eigenvalue weighted by Crippen LogP contribution is -2.60.